The first kappa shape index (κ1) is 14.4. The van der Waals surface area contributed by atoms with Crippen LogP contribution in [0, 0.1) is 0 Å². The lowest BCUT2D eigenvalue weighted by molar-refractivity contribution is 0.0695. The molecule has 0 radical (unpaired) electrons. The van der Waals surface area contributed by atoms with Gasteiger partial charge in [-0.05, 0) is 29.3 Å². The fourth-order valence-electron chi connectivity index (χ4n) is 3.28. The number of hydrogen-bond donors (Lipinski definition) is 1. The fourth-order valence-corrected chi connectivity index (χ4v) is 3.28. The van der Waals surface area contributed by atoms with Crippen molar-refractivity contribution in [2.45, 2.75) is 6.42 Å². The Morgan fingerprint density at radius 3 is 2.92 bits per heavy atom. The molecule has 0 bridgehead atoms. The van der Waals surface area contributed by atoms with Crippen molar-refractivity contribution in [3.8, 4) is 5.75 Å². The predicted octanol–water partition coefficient (Wildman–Crippen LogP) is 2.77. The summed E-state index contributed by atoms with van der Waals surface area (Å²) < 4.78 is 7.22. The molecular formula is C18H15N3O3. The Morgan fingerprint density at radius 2 is 2.17 bits per heavy atom. The molecule has 1 aliphatic carbocycles. The average Bonchev–Trinajstić information content (AvgIpc) is 3.15. The SMILES string of the molecule is COc1cccc2c(C3=Cc4nccc(C(=O)O)c4C3)nn(C)c12. The molecule has 0 atom stereocenters. The van der Waals surface area contributed by atoms with Crippen molar-refractivity contribution in [2.24, 2.45) is 7.05 Å². The molecule has 120 valence electrons. The molecule has 2 heterocycles. The summed E-state index contributed by atoms with van der Waals surface area (Å²) in [5, 5.41) is 15.0. The zero-order valence-electron chi connectivity index (χ0n) is 13.3. The smallest absolute Gasteiger partial charge is 0.336 e. The van der Waals surface area contributed by atoms with Crippen molar-refractivity contribution in [3.05, 3.63) is 53.0 Å². The highest BCUT2D eigenvalue weighted by molar-refractivity contribution is 6.01. The van der Waals surface area contributed by atoms with Crippen molar-refractivity contribution in [1.82, 2.24) is 14.8 Å². The Labute approximate surface area is 138 Å². The van der Waals surface area contributed by atoms with Gasteiger partial charge in [-0.1, -0.05) is 12.1 Å². The highest BCUT2D eigenvalue weighted by Gasteiger charge is 2.25. The number of methoxy groups -OCH3 is 1. The number of pyridine rings is 1. The van der Waals surface area contributed by atoms with Gasteiger partial charge in [0.1, 0.15) is 11.3 Å². The van der Waals surface area contributed by atoms with E-state index in [1.807, 2.05) is 31.3 Å². The number of aromatic carboxylic acids is 1. The number of carboxylic acids is 1. The van der Waals surface area contributed by atoms with Crippen LogP contribution in [-0.2, 0) is 13.5 Å². The van der Waals surface area contributed by atoms with Gasteiger partial charge in [-0.2, -0.15) is 5.10 Å². The summed E-state index contributed by atoms with van der Waals surface area (Å²) in [6.45, 7) is 0. The number of ether oxygens (including phenoxy) is 1. The third-order valence-electron chi connectivity index (χ3n) is 4.35. The highest BCUT2D eigenvalue weighted by atomic mass is 16.5. The Balaban J connectivity index is 1.86. The molecule has 0 fully saturated rings. The first-order valence-corrected chi connectivity index (χ1v) is 7.52. The van der Waals surface area contributed by atoms with Crippen LogP contribution in [0.2, 0.25) is 0 Å². The van der Waals surface area contributed by atoms with Gasteiger partial charge in [0, 0.05) is 25.1 Å². The molecule has 1 aromatic carbocycles. The molecule has 6 nitrogen and oxygen atoms in total. The number of fused-ring (bicyclic) bond motifs is 2. The van der Waals surface area contributed by atoms with Crippen molar-refractivity contribution >= 4 is 28.5 Å². The molecule has 0 aliphatic heterocycles. The van der Waals surface area contributed by atoms with Crippen LogP contribution in [0.3, 0.4) is 0 Å². The van der Waals surface area contributed by atoms with Crippen molar-refractivity contribution in [3.63, 3.8) is 0 Å². The third-order valence-corrected chi connectivity index (χ3v) is 4.35. The lowest BCUT2D eigenvalue weighted by Crippen LogP contribution is -2.03. The van der Waals surface area contributed by atoms with E-state index in [-0.39, 0.29) is 0 Å². The largest absolute Gasteiger partial charge is 0.494 e. The molecule has 0 saturated heterocycles. The quantitative estimate of drug-likeness (QED) is 0.802. The summed E-state index contributed by atoms with van der Waals surface area (Å²) in [5.41, 5.74) is 4.45. The summed E-state index contributed by atoms with van der Waals surface area (Å²) in [7, 11) is 3.51. The van der Waals surface area contributed by atoms with Crippen LogP contribution in [0.25, 0.3) is 22.6 Å². The summed E-state index contributed by atoms with van der Waals surface area (Å²) in [6, 6.07) is 7.36. The van der Waals surface area contributed by atoms with Gasteiger partial charge in [-0.25, -0.2) is 4.79 Å². The molecule has 3 aromatic rings. The minimum absolute atomic E-state index is 0.295. The van der Waals surface area contributed by atoms with Crippen molar-refractivity contribution < 1.29 is 14.6 Å². The number of para-hydroxylation sites is 1. The van der Waals surface area contributed by atoms with E-state index in [1.165, 1.54) is 12.3 Å². The standard InChI is InChI=1S/C18H15N3O3/c1-21-17-12(4-3-5-15(17)24-2)16(20-21)10-8-13-11(18(22)23)6-7-19-14(13)9-10/h3-7,9H,8H2,1-2H3,(H,22,23). The first-order valence-electron chi connectivity index (χ1n) is 7.52. The fraction of sp³-hybridized carbons (Fsp3) is 0.167. The Kier molecular flexibility index (Phi) is 3.13. The molecule has 0 amide bonds. The lowest BCUT2D eigenvalue weighted by Gasteiger charge is -2.04. The van der Waals surface area contributed by atoms with E-state index >= 15 is 0 Å². The second kappa shape index (κ2) is 5.19. The topological polar surface area (TPSA) is 77.2 Å². The normalized spacial score (nSPS) is 13.0. The van der Waals surface area contributed by atoms with Crippen LogP contribution in [-0.4, -0.2) is 33.0 Å². The van der Waals surface area contributed by atoms with Gasteiger partial charge in [-0.3, -0.25) is 9.67 Å². The maximum atomic E-state index is 11.4. The number of carboxylic acid groups (broad SMARTS) is 1. The zero-order valence-corrected chi connectivity index (χ0v) is 13.3. The monoisotopic (exact) mass is 321 g/mol. The van der Waals surface area contributed by atoms with Gasteiger partial charge in [0.2, 0.25) is 0 Å². The van der Waals surface area contributed by atoms with Gasteiger partial charge in [-0.15, -0.1) is 0 Å². The molecule has 4 rings (SSSR count). The number of hydrogen-bond acceptors (Lipinski definition) is 4. The van der Waals surface area contributed by atoms with Gasteiger partial charge < -0.3 is 9.84 Å². The van der Waals surface area contributed by atoms with Gasteiger partial charge in [0.25, 0.3) is 0 Å². The Hall–Kier alpha value is -3.15. The summed E-state index contributed by atoms with van der Waals surface area (Å²) >= 11 is 0. The second-order valence-corrected chi connectivity index (χ2v) is 5.70. The van der Waals surface area contributed by atoms with E-state index in [0.29, 0.717) is 17.7 Å². The molecule has 1 aliphatic rings. The van der Waals surface area contributed by atoms with E-state index in [9.17, 15) is 9.90 Å². The predicted molar refractivity (Wildman–Crippen MR) is 90.0 cm³/mol. The summed E-state index contributed by atoms with van der Waals surface area (Å²) in [6.07, 6.45) is 3.96. The van der Waals surface area contributed by atoms with Crippen LogP contribution in [0.5, 0.6) is 5.75 Å². The van der Waals surface area contributed by atoms with Crippen LogP contribution >= 0.6 is 0 Å². The molecule has 0 unspecified atom stereocenters. The molecule has 24 heavy (non-hydrogen) atoms. The zero-order chi connectivity index (χ0) is 16.8. The van der Waals surface area contributed by atoms with Crippen LogP contribution in [0.4, 0.5) is 0 Å². The minimum Gasteiger partial charge on any atom is -0.494 e. The lowest BCUT2D eigenvalue weighted by atomic mass is 10.0. The van der Waals surface area contributed by atoms with Gasteiger partial charge in [0.15, 0.2) is 0 Å². The van der Waals surface area contributed by atoms with E-state index in [4.69, 9.17) is 4.74 Å². The second-order valence-electron chi connectivity index (χ2n) is 5.70. The number of benzene rings is 1. The van der Waals surface area contributed by atoms with E-state index in [0.717, 1.165) is 33.5 Å². The number of carbonyl (C=O) groups is 1. The third kappa shape index (κ3) is 2.00. The minimum atomic E-state index is -0.934. The van der Waals surface area contributed by atoms with Crippen LogP contribution in [0.1, 0.15) is 27.3 Å². The first-order chi connectivity index (χ1) is 11.6. The van der Waals surface area contributed by atoms with Crippen LogP contribution < -0.4 is 4.74 Å². The Bertz CT molecular complexity index is 1020. The molecule has 0 spiro atoms. The van der Waals surface area contributed by atoms with Crippen LogP contribution in [0.15, 0.2) is 30.5 Å². The van der Waals surface area contributed by atoms with Gasteiger partial charge >= 0.3 is 5.97 Å². The number of aryl methyl sites for hydroxylation is 1. The molecule has 6 heteroatoms. The van der Waals surface area contributed by atoms with E-state index in [1.54, 1.807) is 11.8 Å². The number of rotatable bonds is 3. The Morgan fingerprint density at radius 1 is 1.33 bits per heavy atom. The summed E-state index contributed by atoms with van der Waals surface area (Å²) in [5.74, 6) is -0.176. The number of allylic oxidation sites excluding steroid dienone is 1. The average molecular weight is 321 g/mol. The number of aromatic nitrogens is 3. The molecule has 1 N–H and O–H groups in total. The number of nitrogens with zero attached hydrogens (tertiary/aromatic N) is 3. The molecular weight excluding hydrogens is 306 g/mol. The van der Waals surface area contributed by atoms with Crippen molar-refractivity contribution in [1.29, 1.82) is 0 Å². The maximum absolute atomic E-state index is 11.4. The van der Waals surface area contributed by atoms with E-state index < -0.39 is 5.97 Å². The summed E-state index contributed by atoms with van der Waals surface area (Å²) in [4.78, 5) is 15.7. The molecule has 0 saturated carbocycles. The molecule has 2 aromatic heterocycles. The van der Waals surface area contributed by atoms with Crippen molar-refractivity contribution in [2.75, 3.05) is 7.11 Å². The van der Waals surface area contributed by atoms with E-state index in [2.05, 4.69) is 10.1 Å². The van der Waals surface area contributed by atoms with Gasteiger partial charge in [0.05, 0.1) is 24.1 Å². The maximum Gasteiger partial charge on any atom is 0.336 e. The highest BCUT2D eigenvalue weighted by Crippen LogP contribution is 2.37.